The van der Waals surface area contributed by atoms with Gasteiger partial charge < -0.3 is 14.0 Å². The van der Waals surface area contributed by atoms with Gasteiger partial charge >= 0.3 is 0 Å². The Hall–Kier alpha value is -1.99. The maximum absolute atomic E-state index is 13.1. The minimum atomic E-state index is -3.62. The molecule has 0 unspecified atom stereocenters. The number of hydrogen-bond donors (Lipinski definition) is 0. The van der Waals surface area contributed by atoms with Crippen LogP contribution in [0.15, 0.2) is 35.2 Å². The molecule has 0 aliphatic carbocycles. The summed E-state index contributed by atoms with van der Waals surface area (Å²) in [5, 5.41) is 0. The molecule has 1 aromatic carbocycles. The zero-order chi connectivity index (χ0) is 17.5. The van der Waals surface area contributed by atoms with Gasteiger partial charge in [-0.05, 0) is 38.1 Å². The second kappa shape index (κ2) is 6.14. The van der Waals surface area contributed by atoms with Gasteiger partial charge in [-0.15, -0.1) is 0 Å². The fourth-order valence-electron chi connectivity index (χ4n) is 3.24. The van der Waals surface area contributed by atoms with Gasteiger partial charge in [0.15, 0.2) is 11.5 Å². The summed E-state index contributed by atoms with van der Waals surface area (Å²) in [5.74, 6) is 0.912. The lowest BCUT2D eigenvalue weighted by molar-refractivity contribution is 0.280. The predicted molar refractivity (Wildman–Crippen MR) is 91.0 cm³/mol. The largest absolute Gasteiger partial charge is 0.493 e. The van der Waals surface area contributed by atoms with Gasteiger partial charge in [-0.1, -0.05) is 0 Å². The van der Waals surface area contributed by atoms with Crippen LogP contribution in [0.25, 0.3) is 0 Å². The van der Waals surface area contributed by atoms with Crippen molar-refractivity contribution in [2.45, 2.75) is 31.3 Å². The van der Waals surface area contributed by atoms with Gasteiger partial charge in [0.25, 0.3) is 0 Å². The topological polar surface area (TPSA) is 60.8 Å². The van der Waals surface area contributed by atoms with Crippen molar-refractivity contribution in [1.29, 1.82) is 0 Å². The zero-order valence-electron chi connectivity index (χ0n) is 14.3. The quantitative estimate of drug-likeness (QED) is 0.850. The van der Waals surface area contributed by atoms with E-state index in [0.717, 1.165) is 11.4 Å². The van der Waals surface area contributed by atoms with Gasteiger partial charge in [0.05, 0.1) is 25.2 Å². The first-order chi connectivity index (χ1) is 11.4. The SMILES string of the molecule is COc1ccc(S(=O)(=O)N2CCn3c(C)ccc3[C@H]2C)cc1OC. The van der Waals surface area contributed by atoms with E-state index in [2.05, 4.69) is 4.57 Å². The Kier molecular flexibility index (Phi) is 4.31. The molecule has 130 valence electrons. The van der Waals surface area contributed by atoms with Crippen molar-refractivity contribution in [3.8, 4) is 11.5 Å². The third-order valence-electron chi connectivity index (χ3n) is 4.60. The van der Waals surface area contributed by atoms with Crippen LogP contribution in [0.1, 0.15) is 24.4 Å². The molecule has 0 saturated carbocycles. The molecule has 1 aliphatic rings. The van der Waals surface area contributed by atoms with E-state index in [-0.39, 0.29) is 10.9 Å². The minimum Gasteiger partial charge on any atom is -0.493 e. The van der Waals surface area contributed by atoms with Crippen LogP contribution in [-0.4, -0.2) is 38.1 Å². The third-order valence-corrected chi connectivity index (χ3v) is 6.56. The Morgan fingerprint density at radius 3 is 2.42 bits per heavy atom. The number of rotatable bonds is 4. The zero-order valence-corrected chi connectivity index (χ0v) is 15.1. The van der Waals surface area contributed by atoms with E-state index in [9.17, 15) is 8.42 Å². The van der Waals surface area contributed by atoms with E-state index in [1.807, 2.05) is 26.0 Å². The highest BCUT2D eigenvalue weighted by Crippen LogP contribution is 2.35. The summed E-state index contributed by atoms with van der Waals surface area (Å²) >= 11 is 0. The maximum atomic E-state index is 13.1. The second-order valence-electron chi connectivity index (χ2n) is 5.86. The van der Waals surface area contributed by atoms with Crippen molar-refractivity contribution in [2.75, 3.05) is 20.8 Å². The average molecular weight is 350 g/mol. The normalized spacial score (nSPS) is 18.2. The highest BCUT2D eigenvalue weighted by Gasteiger charge is 2.34. The number of sulfonamides is 1. The monoisotopic (exact) mass is 350 g/mol. The van der Waals surface area contributed by atoms with Crippen molar-refractivity contribution in [3.63, 3.8) is 0 Å². The number of ether oxygens (including phenoxy) is 2. The molecule has 0 amide bonds. The molecular weight excluding hydrogens is 328 g/mol. The summed E-state index contributed by atoms with van der Waals surface area (Å²) in [6.07, 6.45) is 0. The molecular formula is C17H22N2O4S. The molecule has 0 fully saturated rings. The van der Waals surface area contributed by atoms with E-state index in [1.165, 1.54) is 20.3 Å². The van der Waals surface area contributed by atoms with Crippen LogP contribution in [0.5, 0.6) is 11.5 Å². The van der Waals surface area contributed by atoms with Crippen LogP contribution in [0.3, 0.4) is 0 Å². The molecule has 0 saturated heterocycles. The first-order valence-electron chi connectivity index (χ1n) is 7.80. The molecule has 1 aliphatic heterocycles. The third kappa shape index (κ3) is 2.57. The average Bonchev–Trinajstić information content (AvgIpc) is 2.96. The molecule has 0 radical (unpaired) electrons. The van der Waals surface area contributed by atoms with Crippen LogP contribution in [0.4, 0.5) is 0 Å². The van der Waals surface area contributed by atoms with Gasteiger partial charge in [-0.3, -0.25) is 0 Å². The fraction of sp³-hybridized carbons (Fsp3) is 0.412. The molecule has 2 heterocycles. The summed E-state index contributed by atoms with van der Waals surface area (Å²) in [6.45, 7) is 5.06. The van der Waals surface area contributed by atoms with Gasteiger partial charge in [-0.25, -0.2) is 8.42 Å². The molecule has 24 heavy (non-hydrogen) atoms. The summed E-state index contributed by atoms with van der Waals surface area (Å²) in [5.41, 5.74) is 2.17. The molecule has 0 N–H and O–H groups in total. The molecule has 2 aromatic rings. The van der Waals surface area contributed by atoms with Crippen molar-refractivity contribution in [2.24, 2.45) is 0 Å². The molecule has 3 rings (SSSR count). The first-order valence-corrected chi connectivity index (χ1v) is 9.24. The van der Waals surface area contributed by atoms with Crippen LogP contribution >= 0.6 is 0 Å². The number of nitrogens with zero attached hydrogens (tertiary/aromatic N) is 2. The number of benzene rings is 1. The molecule has 7 heteroatoms. The Labute approximate surface area is 142 Å². The van der Waals surface area contributed by atoms with Crippen molar-refractivity contribution in [1.82, 2.24) is 8.87 Å². The summed E-state index contributed by atoms with van der Waals surface area (Å²) in [6, 6.07) is 8.50. The van der Waals surface area contributed by atoms with Crippen LogP contribution in [-0.2, 0) is 16.6 Å². The van der Waals surface area contributed by atoms with E-state index in [0.29, 0.717) is 24.6 Å². The standard InChI is InChI=1S/C17H22N2O4S/c1-12-5-7-15-13(2)19(10-9-18(12)15)24(20,21)14-6-8-16(22-3)17(11-14)23-4/h5-8,11,13H,9-10H2,1-4H3/t13-/m1/s1. The summed E-state index contributed by atoms with van der Waals surface area (Å²) in [7, 11) is -0.601. The molecule has 1 aromatic heterocycles. The van der Waals surface area contributed by atoms with Gasteiger partial charge in [0.2, 0.25) is 10.0 Å². The molecule has 6 nitrogen and oxygen atoms in total. The highest BCUT2D eigenvalue weighted by molar-refractivity contribution is 7.89. The second-order valence-corrected chi connectivity index (χ2v) is 7.75. The fourth-order valence-corrected chi connectivity index (χ4v) is 4.85. The van der Waals surface area contributed by atoms with E-state index in [1.54, 1.807) is 16.4 Å². The number of aromatic nitrogens is 1. The number of methoxy groups -OCH3 is 2. The summed E-state index contributed by atoms with van der Waals surface area (Å²) < 4.78 is 40.3. The van der Waals surface area contributed by atoms with Crippen molar-refractivity contribution < 1.29 is 17.9 Å². The first kappa shape index (κ1) is 16.9. The highest BCUT2D eigenvalue weighted by atomic mass is 32.2. The van der Waals surface area contributed by atoms with Gasteiger partial charge in [0.1, 0.15) is 0 Å². The number of aryl methyl sites for hydroxylation is 1. The summed E-state index contributed by atoms with van der Waals surface area (Å²) in [4.78, 5) is 0.212. The molecule has 1 atom stereocenters. The van der Waals surface area contributed by atoms with E-state index < -0.39 is 10.0 Å². The number of fused-ring (bicyclic) bond motifs is 1. The predicted octanol–water partition coefficient (Wildman–Crippen LogP) is 2.58. The maximum Gasteiger partial charge on any atom is 0.243 e. The van der Waals surface area contributed by atoms with Gasteiger partial charge in [-0.2, -0.15) is 4.31 Å². The van der Waals surface area contributed by atoms with Crippen LogP contribution in [0, 0.1) is 6.92 Å². The van der Waals surface area contributed by atoms with E-state index >= 15 is 0 Å². The molecule has 0 bridgehead atoms. The van der Waals surface area contributed by atoms with Crippen LogP contribution in [0.2, 0.25) is 0 Å². The Morgan fingerprint density at radius 2 is 1.75 bits per heavy atom. The molecule has 0 spiro atoms. The van der Waals surface area contributed by atoms with Gasteiger partial charge in [0, 0.05) is 30.5 Å². The van der Waals surface area contributed by atoms with Crippen molar-refractivity contribution in [3.05, 3.63) is 41.7 Å². The van der Waals surface area contributed by atoms with E-state index in [4.69, 9.17) is 9.47 Å². The van der Waals surface area contributed by atoms with Crippen LogP contribution < -0.4 is 9.47 Å². The van der Waals surface area contributed by atoms with Crippen molar-refractivity contribution >= 4 is 10.0 Å². The lowest BCUT2D eigenvalue weighted by Gasteiger charge is -2.34. The Bertz CT molecular complexity index is 857. The Morgan fingerprint density at radius 1 is 1.04 bits per heavy atom. The lowest BCUT2D eigenvalue weighted by Crippen LogP contribution is -2.41. The lowest BCUT2D eigenvalue weighted by atomic mass is 10.2. The number of hydrogen-bond acceptors (Lipinski definition) is 4. The minimum absolute atomic E-state index is 0.212. The Balaban J connectivity index is 2.00. The smallest absolute Gasteiger partial charge is 0.243 e.